The molecule has 2 heterocycles. The molecule has 46 heavy (non-hydrogen) atoms. The van der Waals surface area contributed by atoms with E-state index in [1.54, 1.807) is 23.6 Å². The molecule has 1 aromatic heterocycles. The highest BCUT2D eigenvalue weighted by atomic mass is 32.2. The molecule has 1 aliphatic rings. The van der Waals surface area contributed by atoms with Crippen LogP contribution in [0, 0.1) is 20.8 Å². The van der Waals surface area contributed by atoms with Crippen LogP contribution in [-0.4, -0.2) is 27.8 Å². The molecular weight excluding hydrogens is 595 g/mol. The predicted molar refractivity (Wildman–Crippen MR) is 184 cm³/mol. The van der Waals surface area contributed by atoms with Crippen LogP contribution in [-0.2, 0) is 17.2 Å². The number of hydrogen-bond acceptors (Lipinski definition) is 7. The number of nitrogens with zero attached hydrogens (tertiary/aromatic N) is 3. The summed E-state index contributed by atoms with van der Waals surface area (Å²) >= 11 is 1.55. The van der Waals surface area contributed by atoms with Gasteiger partial charge in [-0.3, -0.25) is 4.79 Å². The van der Waals surface area contributed by atoms with Crippen molar-refractivity contribution >= 4 is 29.3 Å². The van der Waals surface area contributed by atoms with Crippen LogP contribution in [0.25, 0.3) is 0 Å². The van der Waals surface area contributed by atoms with Gasteiger partial charge in [-0.25, -0.2) is 4.68 Å². The van der Waals surface area contributed by atoms with Crippen LogP contribution in [0.4, 0.5) is 11.6 Å². The Labute approximate surface area is 273 Å². The molecular formula is C37H37N5O3S. The molecule has 0 bridgehead atoms. The summed E-state index contributed by atoms with van der Waals surface area (Å²) in [5, 5.41) is 11.9. The topological polar surface area (TPSA) is 90.3 Å². The van der Waals surface area contributed by atoms with E-state index in [-0.39, 0.29) is 5.91 Å². The minimum Gasteiger partial charge on any atom is -0.495 e. The molecule has 1 amide bonds. The summed E-state index contributed by atoms with van der Waals surface area (Å²) in [6, 6.07) is 29.3. The fraction of sp³-hybridized carbons (Fsp3) is 0.216. The van der Waals surface area contributed by atoms with Crippen LogP contribution in [0.3, 0.4) is 0 Å². The molecule has 8 nitrogen and oxygen atoms in total. The number of aromatic nitrogens is 3. The van der Waals surface area contributed by atoms with Gasteiger partial charge in [0.05, 0.1) is 18.4 Å². The second-order valence-electron chi connectivity index (χ2n) is 11.4. The van der Waals surface area contributed by atoms with Crippen LogP contribution in [0.2, 0.25) is 0 Å². The van der Waals surface area contributed by atoms with E-state index in [1.165, 1.54) is 22.3 Å². The van der Waals surface area contributed by atoms with Gasteiger partial charge in [-0.15, -0.1) is 5.10 Å². The molecule has 9 heteroatoms. The van der Waals surface area contributed by atoms with Crippen LogP contribution >= 0.6 is 11.8 Å². The van der Waals surface area contributed by atoms with E-state index in [0.717, 1.165) is 22.6 Å². The average molecular weight is 632 g/mol. The Kier molecular flexibility index (Phi) is 9.12. The normalized spacial score (nSPS) is 14.0. The number of nitrogens with one attached hydrogen (secondary N) is 2. The summed E-state index contributed by atoms with van der Waals surface area (Å²) < 4.78 is 13.5. The molecule has 4 aromatic carbocycles. The molecule has 234 valence electrons. The van der Waals surface area contributed by atoms with Crippen LogP contribution in [0.15, 0.2) is 107 Å². The number of anilines is 2. The molecule has 0 fully saturated rings. The van der Waals surface area contributed by atoms with Gasteiger partial charge in [0, 0.05) is 11.4 Å². The third kappa shape index (κ3) is 6.65. The van der Waals surface area contributed by atoms with Crippen LogP contribution in [0.1, 0.15) is 46.3 Å². The first-order valence-electron chi connectivity index (χ1n) is 15.2. The minimum atomic E-state index is -0.527. The van der Waals surface area contributed by atoms with E-state index >= 15 is 0 Å². The number of rotatable bonds is 10. The summed E-state index contributed by atoms with van der Waals surface area (Å²) in [7, 11) is 1.59. The van der Waals surface area contributed by atoms with Crippen molar-refractivity contribution in [3.05, 3.63) is 136 Å². The van der Waals surface area contributed by atoms with Gasteiger partial charge in [0.15, 0.2) is 0 Å². The lowest BCUT2D eigenvalue weighted by molar-refractivity contribution is -0.113. The SMILES string of the molecule is COc1ccccc1NC(=O)C1=C(C)Nc2nc(SCc3ccccc3)nn2C1c1ccc(OCc2cc(C)c(C)cc2C)cc1. The summed E-state index contributed by atoms with van der Waals surface area (Å²) in [5.41, 5.74) is 8.77. The number of benzene rings is 4. The highest BCUT2D eigenvalue weighted by molar-refractivity contribution is 7.98. The van der Waals surface area contributed by atoms with Gasteiger partial charge in [0.25, 0.3) is 5.91 Å². The van der Waals surface area contributed by atoms with E-state index in [0.29, 0.717) is 40.4 Å². The third-order valence-electron chi connectivity index (χ3n) is 8.19. The maximum atomic E-state index is 14.0. The number of hydrogen-bond donors (Lipinski definition) is 2. The van der Waals surface area contributed by atoms with Gasteiger partial charge < -0.3 is 20.1 Å². The van der Waals surface area contributed by atoms with Gasteiger partial charge in [0.1, 0.15) is 24.1 Å². The van der Waals surface area contributed by atoms with Crippen molar-refractivity contribution < 1.29 is 14.3 Å². The van der Waals surface area contributed by atoms with Crippen molar-refractivity contribution in [3.63, 3.8) is 0 Å². The monoisotopic (exact) mass is 631 g/mol. The van der Waals surface area contributed by atoms with Gasteiger partial charge in [0.2, 0.25) is 11.1 Å². The number of aryl methyl sites for hydroxylation is 3. The van der Waals surface area contributed by atoms with Gasteiger partial charge in [-0.05, 0) is 85.3 Å². The van der Waals surface area contributed by atoms with E-state index in [2.05, 4.69) is 55.7 Å². The lowest BCUT2D eigenvalue weighted by atomic mass is 9.95. The standard InChI is InChI=1S/C37H37N5O3S/c1-23-19-25(3)29(20-24(23)2)21-45-30-17-15-28(16-18-30)34-33(35(43)39-31-13-9-10-14-32(31)44-5)26(4)38-36-40-37(41-42(34)36)46-22-27-11-7-6-8-12-27/h6-20,34H,21-22H2,1-5H3,(H,39,43)(H,38,40,41). The summed E-state index contributed by atoms with van der Waals surface area (Å²) in [6.45, 7) is 8.72. The zero-order chi connectivity index (χ0) is 32.2. The molecule has 0 radical (unpaired) electrons. The molecule has 0 spiro atoms. The van der Waals surface area contributed by atoms with Crippen molar-refractivity contribution in [1.82, 2.24) is 14.8 Å². The predicted octanol–water partition coefficient (Wildman–Crippen LogP) is 8.01. The summed E-state index contributed by atoms with van der Waals surface area (Å²) in [5.74, 6) is 2.38. The van der Waals surface area contributed by atoms with Gasteiger partial charge >= 0.3 is 0 Å². The van der Waals surface area contributed by atoms with Crippen molar-refractivity contribution in [1.29, 1.82) is 0 Å². The van der Waals surface area contributed by atoms with Crippen LogP contribution < -0.4 is 20.1 Å². The third-order valence-corrected chi connectivity index (χ3v) is 9.09. The Bertz CT molecular complexity index is 1900. The second-order valence-corrected chi connectivity index (χ2v) is 12.3. The van der Waals surface area contributed by atoms with E-state index in [4.69, 9.17) is 19.6 Å². The van der Waals surface area contributed by atoms with E-state index < -0.39 is 6.04 Å². The Balaban J connectivity index is 1.30. The Hall–Kier alpha value is -5.02. The average Bonchev–Trinajstić information content (AvgIpc) is 3.47. The van der Waals surface area contributed by atoms with Crippen LogP contribution in [0.5, 0.6) is 11.5 Å². The molecule has 1 aliphatic heterocycles. The Morgan fingerprint density at radius 3 is 2.39 bits per heavy atom. The Morgan fingerprint density at radius 2 is 1.63 bits per heavy atom. The lowest BCUT2D eigenvalue weighted by Gasteiger charge is -2.29. The lowest BCUT2D eigenvalue weighted by Crippen LogP contribution is -2.31. The number of para-hydroxylation sites is 2. The summed E-state index contributed by atoms with van der Waals surface area (Å²) in [6.07, 6.45) is 0. The van der Waals surface area contributed by atoms with Crippen molar-refractivity contribution in [2.75, 3.05) is 17.7 Å². The fourth-order valence-corrected chi connectivity index (χ4v) is 6.32. The highest BCUT2D eigenvalue weighted by Gasteiger charge is 2.34. The number of thioether (sulfide) groups is 1. The minimum absolute atomic E-state index is 0.260. The number of ether oxygens (including phenoxy) is 2. The van der Waals surface area contributed by atoms with Crippen molar-refractivity contribution in [2.24, 2.45) is 0 Å². The molecule has 0 aliphatic carbocycles. The molecule has 0 saturated carbocycles. The first kappa shape index (κ1) is 31.0. The highest BCUT2D eigenvalue weighted by Crippen LogP contribution is 2.38. The quantitative estimate of drug-likeness (QED) is 0.151. The van der Waals surface area contributed by atoms with Gasteiger partial charge in [-0.2, -0.15) is 4.98 Å². The Morgan fingerprint density at radius 1 is 0.913 bits per heavy atom. The van der Waals surface area contributed by atoms with Gasteiger partial charge in [-0.1, -0.05) is 78.5 Å². The molecule has 6 rings (SSSR count). The van der Waals surface area contributed by atoms with Crippen molar-refractivity contribution in [2.45, 2.75) is 51.3 Å². The summed E-state index contributed by atoms with van der Waals surface area (Å²) in [4.78, 5) is 18.8. The van der Waals surface area contributed by atoms with E-state index in [1.807, 2.05) is 73.7 Å². The molecule has 1 unspecified atom stereocenters. The fourth-order valence-electron chi connectivity index (χ4n) is 5.54. The molecule has 5 aromatic rings. The number of carbonyl (C=O) groups excluding carboxylic acids is 1. The zero-order valence-corrected chi connectivity index (χ0v) is 27.4. The maximum absolute atomic E-state index is 14.0. The zero-order valence-electron chi connectivity index (χ0n) is 26.6. The van der Waals surface area contributed by atoms with E-state index in [9.17, 15) is 4.79 Å². The number of carbonyl (C=O) groups is 1. The molecule has 1 atom stereocenters. The first-order valence-corrected chi connectivity index (χ1v) is 16.1. The number of allylic oxidation sites excluding steroid dienone is 1. The number of methoxy groups -OCH3 is 1. The smallest absolute Gasteiger partial charge is 0.255 e. The van der Waals surface area contributed by atoms with Crippen molar-refractivity contribution in [3.8, 4) is 11.5 Å². The maximum Gasteiger partial charge on any atom is 0.255 e. The first-order chi connectivity index (χ1) is 22.3. The molecule has 0 saturated heterocycles. The molecule has 2 N–H and O–H groups in total. The number of fused-ring (bicyclic) bond motifs is 1. The largest absolute Gasteiger partial charge is 0.495 e. The second kappa shape index (κ2) is 13.5. The number of amides is 1.